The zero-order chi connectivity index (χ0) is 8.44. The van der Waals surface area contributed by atoms with Crippen LogP contribution in [0.4, 0.5) is 0 Å². The fourth-order valence-corrected chi connectivity index (χ4v) is 2.68. The van der Waals surface area contributed by atoms with Crippen LogP contribution in [0.15, 0.2) is 22.1 Å². The Morgan fingerprint density at radius 2 is 2.50 bits per heavy atom. The van der Waals surface area contributed by atoms with Gasteiger partial charge in [-0.2, -0.15) is 12.6 Å². The molecule has 0 N–H and O–H groups in total. The Balaban J connectivity index is 1.83. The molecular weight excluding hydrogens is 190 g/mol. The van der Waals surface area contributed by atoms with Crippen molar-refractivity contribution in [1.29, 1.82) is 0 Å². The summed E-state index contributed by atoms with van der Waals surface area (Å²) in [7, 11) is 0. The standard InChI is InChI=1S/C8H11NOS2/c11-5-8(1-2-8)6-12-7-9-3-4-10-7/h3-4,11H,1-2,5-6H2. The molecule has 1 heterocycles. The molecule has 1 aromatic heterocycles. The summed E-state index contributed by atoms with van der Waals surface area (Å²) in [5.41, 5.74) is 0.488. The zero-order valence-electron chi connectivity index (χ0n) is 6.69. The first-order valence-corrected chi connectivity index (χ1v) is 5.60. The Labute approximate surface area is 81.5 Å². The lowest BCUT2D eigenvalue weighted by Gasteiger charge is -2.07. The van der Waals surface area contributed by atoms with Gasteiger partial charge in [0.1, 0.15) is 6.26 Å². The summed E-state index contributed by atoms with van der Waals surface area (Å²) in [6.45, 7) is 0. The predicted molar refractivity (Wildman–Crippen MR) is 52.7 cm³/mol. The van der Waals surface area contributed by atoms with E-state index in [0.29, 0.717) is 5.41 Å². The Kier molecular flexibility index (Phi) is 2.37. The number of rotatable bonds is 4. The molecule has 0 unspecified atom stereocenters. The molecule has 1 aliphatic rings. The average Bonchev–Trinajstić information content (AvgIpc) is 2.70. The molecule has 0 radical (unpaired) electrons. The van der Waals surface area contributed by atoms with Crippen LogP contribution in [0.3, 0.4) is 0 Å². The summed E-state index contributed by atoms with van der Waals surface area (Å²) in [4.78, 5) is 4.05. The van der Waals surface area contributed by atoms with Crippen LogP contribution in [0.25, 0.3) is 0 Å². The van der Waals surface area contributed by atoms with Crippen molar-refractivity contribution in [2.75, 3.05) is 11.5 Å². The molecule has 0 aromatic carbocycles. The first-order valence-electron chi connectivity index (χ1n) is 3.98. The fourth-order valence-electron chi connectivity index (χ4n) is 1.02. The molecule has 0 bridgehead atoms. The first-order chi connectivity index (χ1) is 5.85. The minimum absolute atomic E-state index is 0.488. The van der Waals surface area contributed by atoms with Crippen LogP contribution in [-0.4, -0.2) is 16.5 Å². The van der Waals surface area contributed by atoms with Gasteiger partial charge in [-0.15, -0.1) is 0 Å². The molecule has 2 rings (SSSR count). The van der Waals surface area contributed by atoms with E-state index < -0.39 is 0 Å². The summed E-state index contributed by atoms with van der Waals surface area (Å²) < 4.78 is 5.13. The third-order valence-corrected chi connectivity index (χ3v) is 4.08. The molecule has 12 heavy (non-hydrogen) atoms. The van der Waals surface area contributed by atoms with E-state index in [2.05, 4.69) is 17.6 Å². The van der Waals surface area contributed by atoms with Crippen LogP contribution >= 0.6 is 24.4 Å². The monoisotopic (exact) mass is 201 g/mol. The Bertz CT molecular complexity index is 244. The van der Waals surface area contributed by atoms with Crippen LogP contribution in [0.1, 0.15) is 12.8 Å². The smallest absolute Gasteiger partial charge is 0.255 e. The van der Waals surface area contributed by atoms with Crippen LogP contribution < -0.4 is 0 Å². The maximum Gasteiger partial charge on any atom is 0.255 e. The molecular formula is C8H11NOS2. The van der Waals surface area contributed by atoms with Crippen LogP contribution in [0.5, 0.6) is 0 Å². The van der Waals surface area contributed by atoms with Gasteiger partial charge < -0.3 is 4.42 Å². The molecule has 2 nitrogen and oxygen atoms in total. The summed E-state index contributed by atoms with van der Waals surface area (Å²) in [6, 6.07) is 0. The lowest BCUT2D eigenvalue weighted by Crippen LogP contribution is -2.05. The van der Waals surface area contributed by atoms with E-state index in [4.69, 9.17) is 4.42 Å². The highest BCUT2D eigenvalue weighted by atomic mass is 32.2. The molecule has 4 heteroatoms. The Hall–Kier alpha value is -0.0900. The van der Waals surface area contributed by atoms with Gasteiger partial charge in [-0.3, -0.25) is 0 Å². The largest absolute Gasteiger partial charge is 0.440 e. The zero-order valence-corrected chi connectivity index (χ0v) is 8.40. The molecule has 66 valence electrons. The molecule has 0 amide bonds. The molecule has 0 aliphatic heterocycles. The second-order valence-corrected chi connectivity index (χ2v) is 4.49. The van der Waals surface area contributed by atoms with Crippen LogP contribution in [-0.2, 0) is 0 Å². The SMILES string of the molecule is SCC1(CSc2ncco2)CC1. The summed E-state index contributed by atoms with van der Waals surface area (Å²) in [6.07, 6.45) is 5.92. The molecule has 1 aromatic rings. The quantitative estimate of drug-likeness (QED) is 0.598. The van der Waals surface area contributed by atoms with Crippen molar-refractivity contribution in [2.45, 2.75) is 18.1 Å². The summed E-state index contributed by atoms with van der Waals surface area (Å²) in [5, 5.41) is 0.781. The van der Waals surface area contributed by atoms with Crippen LogP contribution in [0.2, 0.25) is 0 Å². The van der Waals surface area contributed by atoms with Gasteiger partial charge in [0.15, 0.2) is 0 Å². The predicted octanol–water partition coefficient (Wildman–Crippen LogP) is 2.48. The van der Waals surface area contributed by atoms with E-state index in [1.54, 1.807) is 24.2 Å². The van der Waals surface area contributed by atoms with Gasteiger partial charge in [0.05, 0.1) is 6.20 Å². The Morgan fingerprint density at radius 3 is 3.00 bits per heavy atom. The van der Waals surface area contributed by atoms with Crippen molar-refractivity contribution in [3.8, 4) is 0 Å². The highest BCUT2D eigenvalue weighted by molar-refractivity contribution is 7.99. The van der Waals surface area contributed by atoms with E-state index in [1.165, 1.54) is 12.8 Å². The minimum atomic E-state index is 0.488. The van der Waals surface area contributed by atoms with E-state index in [-0.39, 0.29) is 0 Å². The van der Waals surface area contributed by atoms with Gasteiger partial charge in [0, 0.05) is 5.75 Å². The molecule has 1 fully saturated rings. The molecule has 1 saturated carbocycles. The van der Waals surface area contributed by atoms with Crippen molar-refractivity contribution in [3.05, 3.63) is 12.5 Å². The summed E-state index contributed by atoms with van der Waals surface area (Å²) >= 11 is 6.03. The normalized spacial score (nSPS) is 19.4. The van der Waals surface area contributed by atoms with Crippen molar-refractivity contribution in [3.63, 3.8) is 0 Å². The lowest BCUT2D eigenvalue weighted by atomic mass is 10.2. The van der Waals surface area contributed by atoms with E-state index in [9.17, 15) is 0 Å². The number of aromatic nitrogens is 1. The number of thiol groups is 1. The van der Waals surface area contributed by atoms with Gasteiger partial charge in [-0.1, -0.05) is 11.8 Å². The van der Waals surface area contributed by atoms with Crippen molar-refractivity contribution in [2.24, 2.45) is 5.41 Å². The van der Waals surface area contributed by atoms with E-state index in [0.717, 1.165) is 16.7 Å². The number of hydrogen-bond acceptors (Lipinski definition) is 4. The van der Waals surface area contributed by atoms with Gasteiger partial charge in [-0.05, 0) is 24.0 Å². The van der Waals surface area contributed by atoms with Gasteiger partial charge in [0.25, 0.3) is 5.22 Å². The van der Waals surface area contributed by atoms with Gasteiger partial charge in [0.2, 0.25) is 0 Å². The number of hydrogen-bond donors (Lipinski definition) is 1. The van der Waals surface area contributed by atoms with Gasteiger partial charge in [-0.25, -0.2) is 4.98 Å². The number of thioether (sulfide) groups is 1. The van der Waals surface area contributed by atoms with Crippen molar-refractivity contribution >= 4 is 24.4 Å². The van der Waals surface area contributed by atoms with Crippen molar-refractivity contribution < 1.29 is 4.42 Å². The number of oxazole rings is 1. The third kappa shape index (κ3) is 1.80. The van der Waals surface area contributed by atoms with E-state index in [1.807, 2.05) is 0 Å². The fraction of sp³-hybridized carbons (Fsp3) is 0.625. The molecule has 1 aliphatic carbocycles. The molecule has 0 atom stereocenters. The highest BCUT2D eigenvalue weighted by Gasteiger charge is 2.41. The molecule has 0 spiro atoms. The van der Waals surface area contributed by atoms with Crippen LogP contribution in [0, 0.1) is 5.41 Å². The maximum atomic E-state index is 5.13. The minimum Gasteiger partial charge on any atom is -0.440 e. The number of nitrogens with zero attached hydrogens (tertiary/aromatic N) is 1. The lowest BCUT2D eigenvalue weighted by molar-refractivity contribution is 0.453. The Morgan fingerprint density at radius 1 is 1.67 bits per heavy atom. The topological polar surface area (TPSA) is 26.0 Å². The summed E-state index contributed by atoms with van der Waals surface area (Å²) in [5.74, 6) is 2.08. The molecule has 0 saturated heterocycles. The third-order valence-electron chi connectivity index (χ3n) is 2.20. The second-order valence-electron chi connectivity index (χ2n) is 3.24. The van der Waals surface area contributed by atoms with Crippen molar-refractivity contribution in [1.82, 2.24) is 4.98 Å². The second kappa shape index (κ2) is 3.34. The highest BCUT2D eigenvalue weighted by Crippen LogP contribution is 2.49. The first kappa shape index (κ1) is 8.51. The maximum absolute atomic E-state index is 5.13. The average molecular weight is 201 g/mol. The van der Waals surface area contributed by atoms with E-state index >= 15 is 0 Å². The van der Waals surface area contributed by atoms with Gasteiger partial charge >= 0.3 is 0 Å².